The molecule has 2 rings (SSSR count). The van der Waals surface area contributed by atoms with Crippen LogP contribution in [0.2, 0.25) is 0 Å². The van der Waals surface area contributed by atoms with Crippen LogP contribution >= 0.6 is 24.8 Å². The first-order valence-corrected chi connectivity index (χ1v) is 7.70. The van der Waals surface area contributed by atoms with E-state index >= 15 is 0 Å². The number of rotatable bonds is 7. The molecule has 3 nitrogen and oxygen atoms in total. The largest absolute Gasteiger partial charge is 0.435 e. The number of piperazine rings is 1. The summed E-state index contributed by atoms with van der Waals surface area (Å²) in [6.07, 6.45) is 3.44. The van der Waals surface area contributed by atoms with Crippen molar-refractivity contribution < 1.29 is 13.5 Å². The van der Waals surface area contributed by atoms with Crippen LogP contribution in [0.5, 0.6) is 5.75 Å². The molecule has 1 aliphatic rings. The molecule has 0 spiro atoms. The summed E-state index contributed by atoms with van der Waals surface area (Å²) in [7, 11) is 0. The summed E-state index contributed by atoms with van der Waals surface area (Å²) in [4.78, 5) is 2.48. The Morgan fingerprint density at radius 1 is 1.13 bits per heavy atom. The highest BCUT2D eigenvalue weighted by atomic mass is 35.5. The van der Waals surface area contributed by atoms with Crippen LogP contribution in [0.25, 0.3) is 0 Å². The smallest absolute Gasteiger partial charge is 0.387 e. The van der Waals surface area contributed by atoms with Crippen molar-refractivity contribution in [3.63, 3.8) is 0 Å². The molecule has 0 unspecified atom stereocenters. The maximum absolute atomic E-state index is 12.2. The van der Waals surface area contributed by atoms with Gasteiger partial charge in [0.2, 0.25) is 0 Å². The van der Waals surface area contributed by atoms with Gasteiger partial charge in [0.05, 0.1) is 0 Å². The Labute approximate surface area is 149 Å². The van der Waals surface area contributed by atoms with Crippen LogP contribution in [0.1, 0.15) is 37.8 Å². The van der Waals surface area contributed by atoms with Crippen molar-refractivity contribution in [2.75, 3.05) is 26.2 Å². The molecule has 0 bridgehead atoms. The molecule has 7 heteroatoms. The van der Waals surface area contributed by atoms with Crippen molar-refractivity contribution >= 4 is 24.8 Å². The minimum atomic E-state index is -2.76. The Morgan fingerprint density at radius 2 is 1.74 bits per heavy atom. The second kappa shape index (κ2) is 11.8. The number of benzene rings is 1. The van der Waals surface area contributed by atoms with Crippen LogP contribution in [0, 0.1) is 0 Å². The monoisotopic (exact) mass is 370 g/mol. The summed E-state index contributed by atoms with van der Waals surface area (Å²) in [5, 5.41) is 3.36. The number of ether oxygens (including phenoxy) is 1. The third-order valence-electron chi connectivity index (χ3n) is 3.91. The second-order valence-corrected chi connectivity index (χ2v) is 5.39. The molecule has 134 valence electrons. The van der Waals surface area contributed by atoms with Gasteiger partial charge in [0.25, 0.3) is 0 Å². The van der Waals surface area contributed by atoms with Gasteiger partial charge in [0, 0.05) is 32.2 Å². The van der Waals surface area contributed by atoms with Crippen LogP contribution in [-0.2, 0) is 0 Å². The zero-order valence-electron chi connectivity index (χ0n) is 13.3. The van der Waals surface area contributed by atoms with E-state index in [1.807, 2.05) is 12.1 Å². The van der Waals surface area contributed by atoms with Gasteiger partial charge < -0.3 is 10.1 Å². The van der Waals surface area contributed by atoms with E-state index in [-0.39, 0.29) is 30.6 Å². The lowest BCUT2D eigenvalue weighted by molar-refractivity contribution is -0.0498. The average molecular weight is 371 g/mol. The van der Waals surface area contributed by atoms with E-state index in [0.29, 0.717) is 6.04 Å². The minimum Gasteiger partial charge on any atom is -0.435 e. The van der Waals surface area contributed by atoms with Gasteiger partial charge in [-0.05, 0) is 24.1 Å². The Hall–Kier alpha value is -0.620. The van der Waals surface area contributed by atoms with Gasteiger partial charge in [-0.3, -0.25) is 4.90 Å². The van der Waals surface area contributed by atoms with Gasteiger partial charge in [-0.25, -0.2) is 0 Å². The fraction of sp³-hybridized carbons (Fsp3) is 0.625. The number of nitrogens with zero attached hydrogens (tertiary/aromatic N) is 1. The fourth-order valence-corrected chi connectivity index (χ4v) is 2.82. The SMILES string of the molecule is CCCC[C@@H](c1ccc(OC(F)F)cc1)N1CCNCC1.Cl.Cl. The number of alkyl halides is 2. The number of hydrogen-bond acceptors (Lipinski definition) is 3. The van der Waals surface area contributed by atoms with Crippen molar-refractivity contribution in [2.45, 2.75) is 38.8 Å². The summed E-state index contributed by atoms with van der Waals surface area (Å²) in [5.41, 5.74) is 1.19. The molecule has 0 aromatic heterocycles. The molecule has 1 N–H and O–H groups in total. The molecule has 1 saturated heterocycles. The molecule has 0 radical (unpaired) electrons. The topological polar surface area (TPSA) is 24.5 Å². The molecule has 1 atom stereocenters. The maximum Gasteiger partial charge on any atom is 0.387 e. The van der Waals surface area contributed by atoms with E-state index in [0.717, 1.165) is 39.0 Å². The number of nitrogens with one attached hydrogen (secondary N) is 1. The summed E-state index contributed by atoms with van der Waals surface area (Å²) >= 11 is 0. The molecular formula is C16H26Cl2F2N2O. The van der Waals surface area contributed by atoms with Crippen LogP contribution in [0.15, 0.2) is 24.3 Å². The predicted octanol–water partition coefficient (Wildman–Crippen LogP) is 4.27. The van der Waals surface area contributed by atoms with Gasteiger partial charge in [-0.2, -0.15) is 8.78 Å². The second-order valence-electron chi connectivity index (χ2n) is 5.39. The number of halogens is 4. The highest BCUT2D eigenvalue weighted by Crippen LogP contribution is 2.28. The van der Waals surface area contributed by atoms with E-state index in [1.165, 1.54) is 12.0 Å². The summed E-state index contributed by atoms with van der Waals surface area (Å²) in [6, 6.07) is 7.48. The molecule has 0 amide bonds. The Kier molecular flexibility index (Phi) is 11.5. The third kappa shape index (κ3) is 7.21. The highest BCUT2D eigenvalue weighted by molar-refractivity contribution is 5.85. The molecule has 0 saturated carbocycles. The highest BCUT2D eigenvalue weighted by Gasteiger charge is 2.21. The normalized spacial score (nSPS) is 16.3. The molecule has 1 aromatic carbocycles. The molecule has 1 aliphatic heterocycles. The van der Waals surface area contributed by atoms with Crippen LogP contribution in [0.3, 0.4) is 0 Å². The Morgan fingerprint density at radius 3 is 2.26 bits per heavy atom. The van der Waals surface area contributed by atoms with Crippen LogP contribution in [-0.4, -0.2) is 37.7 Å². The first-order chi connectivity index (χ1) is 10.2. The minimum absolute atomic E-state index is 0. The molecule has 1 aromatic rings. The molecule has 1 fully saturated rings. The quantitative estimate of drug-likeness (QED) is 0.775. The number of hydrogen-bond donors (Lipinski definition) is 1. The number of unbranched alkanes of at least 4 members (excludes halogenated alkanes) is 1. The predicted molar refractivity (Wildman–Crippen MR) is 94.3 cm³/mol. The van der Waals surface area contributed by atoms with Gasteiger partial charge in [-0.15, -0.1) is 24.8 Å². The van der Waals surface area contributed by atoms with Crippen LogP contribution in [0.4, 0.5) is 8.78 Å². The lowest BCUT2D eigenvalue weighted by Crippen LogP contribution is -2.45. The first kappa shape index (κ1) is 22.4. The Bertz CT molecular complexity index is 415. The first-order valence-electron chi connectivity index (χ1n) is 7.70. The van der Waals surface area contributed by atoms with Gasteiger partial charge >= 0.3 is 6.61 Å². The third-order valence-corrected chi connectivity index (χ3v) is 3.91. The van der Waals surface area contributed by atoms with E-state index < -0.39 is 6.61 Å². The lowest BCUT2D eigenvalue weighted by atomic mass is 9.98. The van der Waals surface area contributed by atoms with Crippen molar-refractivity contribution in [2.24, 2.45) is 0 Å². The van der Waals surface area contributed by atoms with E-state index in [2.05, 4.69) is 21.9 Å². The van der Waals surface area contributed by atoms with Gasteiger partial charge in [-0.1, -0.05) is 31.9 Å². The summed E-state index contributed by atoms with van der Waals surface area (Å²) < 4.78 is 28.8. The van der Waals surface area contributed by atoms with Crippen molar-refractivity contribution in [1.82, 2.24) is 10.2 Å². The van der Waals surface area contributed by atoms with Gasteiger partial charge in [0.1, 0.15) is 5.75 Å². The van der Waals surface area contributed by atoms with E-state index in [4.69, 9.17) is 0 Å². The fourth-order valence-electron chi connectivity index (χ4n) is 2.82. The molecule has 0 aliphatic carbocycles. The average Bonchev–Trinajstić information content (AvgIpc) is 2.50. The maximum atomic E-state index is 12.2. The molecule has 1 heterocycles. The Balaban J connectivity index is 0.00000242. The van der Waals surface area contributed by atoms with Crippen molar-refractivity contribution in [3.05, 3.63) is 29.8 Å². The standard InChI is InChI=1S/C16H24F2N2O.2ClH/c1-2-3-4-15(20-11-9-19-10-12-20)13-5-7-14(8-6-13)21-16(17)18;;/h5-8,15-16,19H,2-4,9-12H2,1H3;2*1H/t15-;;/m0../s1. The summed E-state index contributed by atoms with van der Waals surface area (Å²) in [6.45, 7) is 3.51. The van der Waals surface area contributed by atoms with Gasteiger partial charge in [0.15, 0.2) is 0 Å². The molecule has 23 heavy (non-hydrogen) atoms. The van der Waals surface area contributed by atoms with Crippen LogP contribution < -0.4 is 10.1 Å². The zero-order chi connectivity index (χ0) is 15.1. The summed E-state index contributed by atoms with van der Waals surface area (Å²) in [5.74, 6) is 0.225. The lowest BCUT2D eigenvalue weighted by Gasteiger charge is -2.35. The van der Waals surface area contributed by atoms with E-state index in [1.54, 1.807) is 12.1 Å². The van der Waals surface area contributed by atoms with E-state index in [9.17, 15) is 8.78 Å². The zero-order valence-corrected chi connectivity index (χ0v) is 15.0. The molecular weight excluding hydrogens is 345 g/mol. The van der Waals surface area contributed by atoms with Crippen molar-refractivity contribution in [3.8, 4) is 5.75 Å². The van der Waals surface area contributed by atoms with Crippen molar-refractivity contribution in [1.29, 1.82) is 0 Å².